The van der Waals surface area contributed by atoms with E-state index < -0.39 is 0 Å². The Labute approximate surface area is 96.4 Å². The maximum Gasteiger partial charge on any atom is 0.0350 e. The zero-order valence-electron chi connectivity index (χ0n) is 6.79. The van der Waals surface area contributed by atoms with Crippen LogP contribution in [0.4, 0.5) is 0 Å². The summed E-state index contributed by atoms with van der Waals surface area (Å²) in [6.45, 7) is 4.06. The monoisotopic (exact) mass is 255 g/mol. The Morgan fingerprint density at radius 1 is 1.00 bits per heavy atom. The summed E-state index contributed by atoms with van der Waals surface area (Å²) in [4.78, 5) is 2.52. The molecule has 0 aliphatic heterocycles. The van der Waals surface area contributed by atoms with E-state index in [1.165, 1.54) is 9.75 Å². The molecule has 0 aliphatic carbocycles. The van der Waals surface area contributed by atoms with Crippen molar-refractivity contribution in [2.24, 2.45) is 0 Å². The Morgan fingerprint density at radius 3 is 1.77 bits per heavy atom. The van der Waals surface area contributed by atoms with Gasteiger partial charge in [-0.2, -0.15) is 0 Å². The summed E-state index contributed by atoms with van der Waals surface area (Å²) in [5.41, 5.74) is 1.14. The first-order valence-electron chi connectivity index (χ1n) is 3.64. The van der Waals surface area contributed by atoms with Crippen LogP contribution >= 0.6 is 22.7 Å². The minimum Gasteiger partial charge on any atom is -0.144 e. The van der Waals surface area contributed by atoms with E-state index in [4.69, 9.17) is 0 Å². The first-order valence-corrected chi connectivity index (χ1v) is 5.40. The van der Waals surface area contributed by atoms with Crippen LogP contribution in [0.5, 0.6) is 0 Å². The summed E-state index contributed by atoms with van der Waals surface area (Å²) in [6.07, 6.45) is 0. The Bertz CT molecular complexity index is 323. The molecule has 0 aromatic carbocycles. The van der Waals surface area contributed by atoms with Gasteiger partial charge in [0.2, 0.25) is 0 Å². The van der Waals surface area contributed by atoms with Gasteiger partial charge in [0.25, 0.3) is 0 Å². The van der Waals surface area contributed by atoms with Crippen molar-refractivity contribution in [2.45, 2.75) is 0 Å². The average Bonchev–Trinajstić information content (AvgIpc) is 2.77. The molecule has 0 aliphatic rings. The van der Waals surface area contributed by atoms with Crippen LogP contribution in [0.15, 0.2) is 41.6 Å². The van der Waals surface area contributed by atoms with Gasteiger partial charge in [-0.05, 0) is 22.9 Å². The number of hydrogen-bond donors (Lipinski definition) is 0. The molecule has 0 N–H and O–H groups in total. The van der Waals surface area contributed by atoms with Crippen molar-refractivity contribution in [3.05, 3.63) is 51.4 Å². The smallest absolute Gasteiger partial charge is 0.0350 e. The Hall–Kier alpha value is -0.341. The second kappa shape index (κ2) is 4.77. The van der Waals surface area contributed by atoms with Crippen LogP contribution in [0.3, 0.4) is 0 Å². The molecule has 0 fully saturated rings. The molecule has 71 valence electrons. The summed E-state index contributed by atoms with van der Waals surface area (Å²) in [6, 6.07) is 8.32. The third-order valence-electron chi connectivity index (χ3n) is 1.64. The second-order valence-electron chi connectivity index (χ2n) is 2.43. The molecule has 2 rings (SSSR count). The maximum atomic E-state index is 4.06. The van der Waals surface area contributed by atoms with Gasteiger partial charge in [0.15, 0.2) is 0 Å². The Kier molecular flexibility index (Phi) is 3.94. The number of rotatable bonds is 2. The summed E-state index contributed by atoms with van der Waals surface area (Å²) in [7, 11) is 0. The predicted molar refractivity (Wildman–Crippen MR) is 56.8 cm³/mol. The minimum atomic E-state index is 0. The van der Waals surface area contributed by atoms with Crippen LogP contribution in [0.1, 0.15) is 9.75 Å². The Balaban J connectivity index is 0.000000845. The van der Waals surface area contributed by atoms with E-state index in [2.05, 4.69) is 41.6 Å². The predicted octanol–water partition coefficient (Wildman–Crippen LogP) is 3.87. The molecule has 0 spiro atoms. The first kappa shape index (κ1) is 10.7. The van der Waals surface area contributed by atoms with Gasteiger partial charge >= 0.3 is 0 Å². The van der Waals surface area contributed by atoms with E-state index in [0.29, 0.717) is 0 Å². The molecule has 2 aromatic rings. The van der Waals surface area contributed by atoms with Gasteiger partial charge in [0, 0.05) is 32.4 Å². The van der Waals surface area contributed by atoms with E-state index in [-0.39, 0.29) is 17.1 Å². The fourth-order valence-electron chi connectivity index (χ4n) is 1.02. The van der Waals surface area contributed by atoms with Crippen molar-refractivity contribution in [2.75, 3.05) is 0 Å². The fraction of sp³-hybridized carbons (Fsp3) is 0. The summed E-state index contributed by atoms with van der Waals surface area (Å²) in [5.74, 6) is 0. The third kappa shape index (κ3) is 2.32. The second-order valence-corrected chi connectivity index (χ2v) is 4.33. The molecule has 0 atom stereocenters. The summed E-state index contributed by atoms with van der Waals surface area (Å²) >= 11 is 3.47. The van der Waals surface area contributed by atoms with Crippen LogP contribution in [0, 0.1) is 0 Å². The zero-order valence-corrected chi connectivity index (χ0v) is 9.36. The SMILES string of the molecule is C=C(c1cccs1)c1cccs1.[Cu]. The molecule has 13 heavy (non-hydrogen) atoms. The van der Waals surface area contributed by atoms with Crippen molar-refractivity contribution < 1.29 is 17.1 Å². The van der Waals surface area contributed by atoms with E-state index in [0.717, 1.165) is 5.57 Å². The van der Waals surface area contributed by atoms with Gasteiger partial charge in [0.1, 0.15) is 0 Å². The van der Waals surface area contributed by atoms with Gasteiger partial charge in [-0.1, -0.05) is 18.7 Å². The van der Waals surface area contributed by atoms with Gasteiger partial charge in [-0.25, -0.2) is 0 Å². The fourth-order valence-corrected chi connectivity index (χ4v) is 2.51. The number of thiophene rings is 2. The van der Waals surface area contributed by atoms with Crippen molar-refractivity contribution >= 4 is 28.2 Å². The molecule has 2 aromatic heterocycles. The molecular weight excluding hydrogens is 248 g/mol. The van der Waals surface area contributed by atoms with Crippen LogP contribution in [0.25, 0.3) is 5.57 Å². The van der Waals surface area contributed by atoms with Gasteiger partial charge in [0.05, 0.1) is 0 Å². The molecule has 1 radical (unpaired) electrons. The molecule has 0 bridgehead atoms. The van der Waals surface area contributed by atoms with Crippen LogP contribution in [-0.2, 0) is 17.1 Å². The topological polar surface area (TPSA) is 0 Å². The number of hydrogen-bond acceptors (Lipinski definition) is 2. The average molecular weight is 256 g/mol. The largest absolute Gasteiger partial charge is 0.144 e. The van der Waals surface area contributed by atoms with E-state index in [9.17, 15) is 0 Å². The molecule has 0 amide bonds. The summed E-state index contributed by atoms with van der Waals surface area (Å²) < 4.78 is 0. The van der Waals surface area contributed by atoms with Crippen molar-refractivity contribution in [1.29, 1.82) is 0 Å². The Morgan fingerprint density at radius 2 is 1.46 bits per heavy atom. The normalized spacial score (nSPS) is 9.23. The third-order valence-corrected chi connectivity index (χ3v) is 3.50. The molecule has 0 saturated heterocycles. The van der Waals surface area contributed by atoms with E-state index in [1.54, 1.807) is 22.7 Å². The summed E-state index contributed by atoms with van der Waals surface area (Å²) in [5, 5.41) is 4.16. The van der Waals surface area contributed by atoms with Crippen molar-refractivity contribution in [3.8, 4) is 0 Å². The molecule has 0 nitrogen and oxygen atoms in total. The standard InChI is InChI=1S/C10H8S2.Cu/c1-8(9-4-2-6-11-9)10-5-3-7-12-10;/h2-7H,1H2;. The molecule has 0 saturated carbocycles. The molecule has 0 unspecified atom stereocenters. The van der Waals surface area contributed by atoms with Gasteiger partial charge in [-0.15, -0.1) is 22.7 Å². The molecule has 2 heterocycles. The van der Waals surface area contributed by atoms with Gasteiger partial charge in [-0.3, -0.25) is 0 Å². The maximum absolute atomic E-state index is 4.06. The van der Waals surface area contributed by atoms with Crippen LogP contribution in [-0.4, -0.2) is 0 Å². The zero-order chi connectivity index (χ0) is 8.39. The molecule has 3 heteroatoms. The minimum absolute atomic E-state index is 0. The molecular formula is C10H8CuS2. The quantitative estimate of drug-likeness (QED) is 0.715. The van der Waals surface area contributed by atoms with E-state index in [1.807, 2.05) is 0 Å². The van der Waals surface area contributed by atoms with Gasteiger partial charge < -0.3 is 0 Å². The first-order chi connectivity index (χ1) is 5.88. The van der Waals surface area contributed by atoms with Crippen molar-refractivity contribution in [3.63, 3.8) is 0 Å². The van der Waals surface area contributed by atoms with Crippen LogP contribution < -0.4 is 0 Å². The van der Waals surface area contributed by atoms with Crippen molar-refractivity contribution in [1.82, 2.24) is 0 Å². The van der Waals surface area contributed by atoms with Crippen LogP contribution in [0.2, 0.25) is 0 Å². The van der Waals surface area contributed by atoms with E-state index >= 15 is 0 Å².